The number of thiazole rings is 1. The number of ether oxygens (including phenoxy) is 1. The Morgan fingerprint density at radius 3 is 2.55 bits per heavy atom. The maximum atomic E-state index is 12.2. The molecular formula is C23H25N3O2S. The third-order valence-electron chi connectivity index (χ3n) is 4.94. The van der Waals surface area contributed by atoms with Crippen LogP contribution >= 0.6 is 11.3 Å². The van der Waals surface area contributed by atoms with Gasteiger partial charge in [0.05, 0.1) is 25.3 Å². The third kappa shape index (κ3) is 5.73. The average molecular weight is 408 g/mol. The summed E-state index contributed by atoms with van der Waals surface area (Å²) in [6.07, 6.45) is 0.304. The molecule has 29 heavy (non-hydrogen) atoms. The second-order valence-corrected chi connectivity index (χ2v) is 8.03. The zero-order valence-electron chi connectivity index (χ0n) is 16.3. The van der Waals surface area contributed by atoms with Crippen molar-refractivity contribution in [3.63, 3.8) is 0 Å². The maximum Gasteiger partial charge on any atom is 0.226 e. The van der Waals surface area contributed by atoms with Crippen LogP contribution in [-0.4, -0.2) is 42.1 Å². The molecule has 0 saturated carbocycles. The summed E-state index contributed by atoms with van der Waals surface area (Å²) in [5, 5.41) is 5.88. The molecule has 4 rings (SSSR count). The van der Waals surface area contributed by atoms with E-state index < -0.39 is 0 Å². The van der Waals surface area contributed by atoms with E-state index in [2.05, 4.69) is 39.5 Å². The van der Waals surface area contributed by atoms with Gasteiger partial charge in [0, 0.05) is 37.1 Å². The van der Waals surface area contributed by atoms with Crippen LogP contribution in [0.4, 0.5) is 0 Å². The number of carbonyl (C=O) groups excluding carboxylic acids is 1. The minimum atomic E-state index is -0.00781. The summed E-state index contributed by atoms with van der Waals surface area (Å²) >= 11 is 1.58. The molecule has 1 aliphatic heterocycles. The van der Waals surface area contributed by atoms with Gasteiger partial charge in [0.1, 0.15) is 5.01 Å². The molecule has 0 bridgehead atoms. The molecule has 1 N–H and O–H groups in total. The van der Waals surface area contributed by atoms with Gasteiger partial charge < -0.3 is 10.1 Å². The topological polar surface area (TPSA) is 54.5 Å². The zero-order valence-corrected chi connectivity index (χ0v) is 17.2. The second-order valence-electron chi connectivity index (χ2n) is 7.17. The van der Waals surface area contributed by atoms with Crippen LogP contribution in [0, 0.1) is 0 Å². The lowest BCUT2D eigenvalue weighted by molar-refractivity contribution is -0.120. The number of amides is 1. The number of nitrogens with zero attached hydrogens (tertiary/aromatic N) is 2. The first-order valence-corrected chi connectivity index (χ1v) is 10.8. The molecule has 1 amide bonds. The third-order valence-corrected chi connectivity index (χ3v) is 5.88. The highest BCUT2D eigenvalue weighted by atomic mass is 32.1. The lowest BCUT2D eigenvalue weighted by Gasteiger charge is -2.26. The Balaban J connectivity index is 1.30. The highest BCUT2D eigenvalue weighted by Gasteiger charge is 2.12. The van der Waals surface area contributed by atoms with Crippen molar-refractivity contribution in [2.75, 3.05) is 26.3 Å². The van der Waals surface area contributed by atoms with Gasteiger partial charge in [-0.25, -0.2) is 4.98 Å². The summed E-state index contributed by atoms with van der Waals surface area (Å²) in [4.78, 5) is 19.3. The first-order valence-electron chi connectivity index (χ1n) is 9.91. The lowest BCUT2D eigenvalue weighted by Crippen LogP contribution is -2.35. The summed E-state index contributed by atoms with van der Waals surface area (Å²) in [6, 6.07) is 18.5. The van der Waals surface area contributed by atoms with Crippen LogP contribution < -0.4 is 5.32 Å². The van der Waals surface area contributed by atoms with Gasteiger partial charge in [0.25, 0.3) is 0 Å². The second kappa shape index (κ2) is 9.78. The molecule has 1 aromatic heterocycles. The lowest BCUT2D eigenvalue weighted by atomic mass is 10.1. The fourth-order valence-corrected chi connectivity index (χ4v) is 4.14. The maximum absolute atomic E-state index is 12.2. The van der Waals surface area contributed by atoms with Gasteiger partial charge in [-0.15, -0.1) is 11.3 Å². The Hall–Kier alpha value is -2.54. The van der Waals surface area contributed by atoms with Crippen molar-refractivity contribution in [3.8, 4) is 10.6 Å². The number of nitrogens with one attached hydrogen (secondary N) is 1. The number of rotatable bonds is 7. The Labute approximate surface area is 175 Å². The number of aromatic nitrogens is 1. The molecule has 1 fully saturated rings. The van der Waals surface area contributed by atoms with E-state index in [0.717, 1.165) is 54.7 Å². The Morgan fingerprint density at radius 2 is 1.79 bits per heavy atom. The molecule has 1 aliphatic rings. The van der Waals surface area contributed by atoms with Crippen molar-refractivity contribution in [2.45, 2.75) is 19.5 Å². The molecule has 0 unspecified atom stereocenters. The quantitative estimate of drug-likeness (QED) is 0.651. The van der Waals surface area contributed by atoms with Crippen molar-refractivity contribution < 1.29 is 9.53 Å². The van der Waals surface area contributed by atoms with Crippen molar-refractivity contribution in [2.24, 2.45) is 0 Å². The molecule has 2 heterocycles. The molecular weight excluding hydrogens is 382 g/mol. The zero-order chi connectivity index (χ0) is 19.9. The summed E-state index contributed by atoms with van der Waals surface area (Å²) in [6.45, 7) is 5.11. The Bertz CT molecular complexity index is 919. The standard InChI is InChI=1S/C23H25N3O2S/c27-22(24-15-18-4-2-1-3-5-18)14-21-17-29-23(25-21)20-8-6-19(7-9-20)16-26-10-12-28-13-11-26/h1-9,17H,10-16H2,(H,24,27). The monoisotopic (exact) mass is 407 g/mol. The highest BCUT2D eigenvalue weighted by Crippen LogP contribution is 2.24. The van der Waals surface area contributed by atoms with E-state index in [1.54, 1.807) is 11.3 Å². The fraction of sp³-hybridized carbons (Fsp3) is 0.304. The summed E-state index contributed by atoms with van der Waals surface area (Å²) in [7, 11) is 0. The van der Waals surface area contributed by atoms with E-state index in [4.69, 9.17) is 4.74 Å². The molecule has 6 heteroatoms. The van der Waals surface area contributed by atoms with Gasteiger partial charge in [-0.05, 0) is 11.1 Å². The minimum Gasteiger partial charge on any atom is -0.379 e. The summed E-state index contributed by atoms with van der Waals surface area (Å²) < 4.78 is 5.40. The fourth-order valence-electron chi connectivity index (χ4n) is 3.31. The molecule has 0 radical (unpaired) electrons. The highest BCUT2D eigenvalue weighted by molar-refractivity contribution is 7.13. The predicted octanol–water partition coefficient (Wildman–Crippen LogP) is 3.50. The van der Waals surface area contributed by atoms with Gasteiger partial charge in [-0.3, -0.25) is 9.69 Å². The van der Waals surface area contributed by atoms with Crippen LogP contribution in [0.25, 0.3) is 10.6 Å². The van der Waals surface area contributed by atoms with E-state index in [-0.39, 0.29) is 5.91 Å². The number of hydrogen-bond acceptors (Lipinski definition) is 5. The van der Waals surface area contributed by atoms with Crippen LogP contribution in [0.1, 0.15) is 16.8 Å². The molecule has 1 saturated heterocycles. The molecule has 0 atom stereocenters. The molecule has 3 aromatic rings. The largest absolute Gasteiger partial charge is 0.379 e. The SMILES string of the molecule is O=C(Cc1csc(-c2ccc(CN3CCOCC3)cc2)n1)NCc1ccccc1. The number of benzene rings is 2. The van der Waals surface area contributed by atoms with E-state index in [1.165, 1.54) is 5.56 Å². The number of carbonyl (C=O) groups is 1. The minimum absolute atomic E-state index is 0.00781. The van der Waals surface area contributed by atoms with Gasteiger partial charge in [-0.2, -0.15) is 0 Å². The van der Waals surface area contributed by atoms with Crippen LogP contribution in [0.15, 0.2) is 60.0 Å². The van der Waals surface area contributed by atoms with E-state index in [1.807, 2.05) is 35.7 Å². The number of morpholine rings is 1. The van der Waals surface area contributed by atoms with E-state index in [9.17, 15) is 4.79 Å². The van der Waals surface area contributed by atoms with Gasteiger partial charge in [0.15, 0.2) is 0 Å². The number of hydrogen-bond donors (Lipinski definition) is 1. The first-order chi connectivity index (χ1) is 14.3. The van der Waals surface area contributed by atoms with Crippen molar-refractivity contribution in [3.05, 3.63) is 76.8 Å². The molecule has 150 valence electrons. The van der Waals surface area contributed by atoms with Crippen molar-refractivity contribution in [1.29, 1.82) is 0 Å². The summed E-state index contributed by atoms with van der Waals surface area (Å²) in [5.41, 5.74) is 4.30. The summed E-state index contributed by atoms with van der Waals surface area (Å²) in [5.74, 6) is -0.00781. The average Bonchev–Trinajstić information content (AvgIpc) is 3.23. The molecule has 5 nitrogen and oxygen atoms in total. The smallest absolute Gasteiger partial charge is 0.226 e. The normalized spacial score (nSPS) is 14.6. The van der Waals surface area contributed by atoms with Crippen LogP contribution in [0.2, 0.25) is 0 Å². The van der Waals surface area contributed by atoms with Gasteiger partial charge >= 0.3 is 0 Å². The predicted molar refractivity (Wildman–Crippen MR) is 116 cm³/mol. The Kier molecular flexibility index (Phi) is 6.67. The molecule has 2 aromatic carbocycles. The molecule has 0 spiro atoms. The van der Waals surface area contributed by atoms with Gasteiger partial charge in [-0.1, -0.05) is 54.6 Å². The first kappa shape index (κ1) is 19.8. The molecule has 0 aliphatic carbocycles. The Morgan fingerprint density at radius 1 is 1.03 bits per heavy atom. The van der Waals surface area contributed by atoms with Crippen molar-refractivity contribution >= 4 is 17.2 Å². The van der Waals surface area contributed by atoms with Crippen LogP contribution in [0.3, 0.4) is 0 Å². The van der Waals surface area contributed by atoms with E-state index in [0.29, 0.717) is 13.0 Å². The van der Waals surface area contributed by atoms with Crippen molar-refractivity contribution in [1.82, 2.24) is 15.2 Å². The van der Waals surface area contributed by atoms with Crippen LogP contribution in [-0.2, 0) is 29.0 Å². The van der Waals surface area contributed by atoms with Crippen LogP contribution in [0.5, 0.6) is 0 Å². The van der Waals surface area contributed by atoms with Gasteiger partial charge in [0.2, 0.25) is 5.91 Å². The van der Waals surface area contributed by atoms with E-state index >= 15 is 0 Å².